The van der Waals surface area contributed by atoms with Gasteiger partial charge in [0.1, 0.15) is 12.2 Å². The second-order valence-electron chi connectivity index (χ2n) is 10.1. The fraction of sp³-hybridized carbons (Fsp3) is 0.600. The predicted octanol–water partition coefficient (Wildman–Crippen LogP) is 2.38. The van der Waals surface area contributed by atoms with Crippen molar-refractivity contribution < 1.29 is 19.2 Å². The Hall–Kier alpha value is -2.90. The molecule has 178 valence electrons. The van der Waals surface area contributed by atoms with Gasteiger partial charge in [-0.25, -0.2) is 0 Å². The van der Waals surface area contributed by atoms with Crippen molar-refractivity contribution in [1.82, 2.24) is 15.1 Å². The van der Waals surface area contributed by atoms with Gasteiger partial charge in [-0.2, -0.15) is 0 Å². The summed E-state index contributed by atoms with van der Waals surface area (Å²) in [6, 6.07) is 7.21. The summed E-state index contributed by atoms with van der Waals surface area (Å²) in [4.78, 5) is 56.8. The first-order valence-electron chi connectivity index (χ1n) is 12.0. The van der Waals surface area contributed by atoms with Crippen LogP contribution in [-0.4, -0.2) is 64.8 Å². The molecule has 2 fully saturated rings. The summed E-state index contributed by atoms with van der Waals surface area (Å²) >= 11 is 0. The van der Waals surface area contributed by atoms with E-state index in [4.69, 9.17) is 0 Å². The number of nitrogens with one attached hydrogen (secondary N) is 1. The van der Waals surface area contributed by atoms with Gasteiger partial charge in [0.25, 0.3) is 5.91 Å². The minimum Gasteiger partial charge on any atom is -0.353 e. The number of nitrogens with zero attached hydrogens (tertiary/aromatic N) is 3. The molecule has 0 aromatic heterocycles. The maximum atomic E-state index is 13.4. The van der Waals surface area contributed by atoms with E-state index in [1.807, 2.05) is 19.9 Å². The SMILES string of the molecule is CC(C)C(C)NC(=O)C1CCN(C(=O)CN2C(=O)c3ccccc3N3C(=O)CCC23C)CC1. The monoisotopic (exact) mass is 454 g/mol. The fourth-order valence-corrected chi connectivity index (χ4v) is 5.08. The van der Waals surface area contributed by atoms with Gasteiger partial charge in [0.15, 0.2) is 0 Å². The summed E-state index contributed by atoms with van der Waals surface area (Å²) in [6.07, 6.45) is 2.07. The topological polar surface area (TPSA) is 90.0 Å². The van der Waals surface area contributed by atoms with Crippen molar-refractivity contribution in [2.75, 3.05) is 24.5 Å². The van der Waals surface area contributed by atoms with Gasteiger partial charge in [-0.15, -0.1) is 0 Å². The van der Waals surface area contributed by atoms with E-state index in [0.717, 1.165) is 0 Å². The number of piperidine rings is 1. The normalized spacial score (nSPS) is 24.1. The largest absolute Gasteiger partial charge is 0.353 e. The van der Waals surface area contributed by atoms with E-state index < -0.39 is 5.66 Å². The van der Waals surface area contributed by atoms with Gasteiger partial charge in [0.05, 0.1) is 11.3 Å². The molecule has 2 saturated heterocycles. The van der Waals surface area contributed by atoms with Crippen molar-refractivity contribution in [1.29, 1.82) is 0 Å². The summed E-state index contributed by atoms with van der Waals surface area (Å²) in [5.41, 5.74) is 0.231. The molecule has 1 aromatic rings. The lowest BCUT2D eigenvalue weighted by atomic mass is 9.94. The molecule has 3 heterocycles. The molecule has 2 unspecified atom stereocenters. The van der Waals surface area contributed by atoms with E-state index in [1.165, 1.54) is 0 Å². The minimum atomic E-state index is -0.844. The Kier molecular flexibility index (Phi) is 6.20. The van der Waals surface area contributed by atoms with Gasteiger partial charge in [0, 0.05) is 31.5 Å². The Labute approximate surface area is 195 Å². The molecule has 8 nitrogen and oxygen atoms in total. The van der Waals surface area contributed by atoms with Gasteiger partial charge in [0.2, 0.25) is 17.7 Å². The number of rotatable bonds is 5. The minimum absolute atomic E-state index is 0.0302. The van der Waals surface area contributed by atoms with Crippen molar-refractivity contribution >= 4 is 29.3 Å². The summed E-state index contributed by atoms with van der Waals surface area (Å²) in [7, 11) is 0. The third kappa shape index (κ3) is 4.11. The summed E-state index contributed by atoms with van der Waals surface area (Å²) in [6.45, 7) is 8.93. The van der Waals surface area contributed by atoms with E-state index in [2.05, 4.69) is 19.2 Å². The lowest BCUT2D eigenvalue weighted by Gasteiger charge is -2.48. The molecule has 1 N–H and O–H groups in total. The third-order valence-corrected chi connectivity index (χ3v) is 7.63. The highest BCUT2D eigenvalue weighted by Crippen LogP contribution is 2.43. The average Bonchev–Trinajstić information content (AvgIpc) is 3.11. The molecule has 3 aliphatic heterocycles. The highest BCUT2D eigenvalue weighted by atomic mass is 16.2. The molecule has 0 aliphatic carbocycles. The van der Waals surface area contributed by atoms with E-state index in [9.17, 15) is 19.2 Å². The molecule has 4 rings (SSSR count). The van der Waals surface area contributed by atoms with E-state index in [1.54, 1.807) is 32.9 Å². The van der Waals surface area contributed by atoms with Crippen LogP contribution in [0, 0.1) is 11.8 Å². The van der Waals surface area contributed by atoms with Crippen LogP contribution in [0.25, 0.3) is 0 Å². The molecule has 0 saturated carbocycles. The maximum absolute atomic E-state index is 13.4. The van der Waals surface area contributed by atoms with E-state index in [-0.39, 0.29) is 42.1 Å². The van der Waals surface area contributed by atoms with E-state index in [0.29, 0.717) is 55.9 Å². The summed E-state index contributed by atoms with van der Waals surface area (Å²) < 4.78 is 0. The number of likely N-dealkylation sites (tertiary alicyclic amines) is 1. The van der Waals surface area contributed by atoms with Gasteiger partial charge >= 0.3 is 0 Å². The average molecular weight is 455 g/mol. The zero-order valence-corrected chi connectivity index (χ0v) is 20.0. The van der Waals surface area contributed by atoms with Gasteiger partial charge in [-0.3, -0.25) is 24.1 Å². The number of hydrogen-bond acceptors (Lipinski definition) is 4. The molecule has 0 bridgehead atoms. The Morgan fingerprint density at radius 1 is 1.12 bits per heavy atom. The third-order valence-electron chi connectivity index (χ3n) is 7.63. The number of anilines is 1. The number of carbonyl (C=O) groups excluding carboxylic acids is 4. The molecule has 2 atom stereocenters. The predicted molar refractivity (Wildman–Crippen MR) is 124 cm³/mol. The molecule has 3 aliphatic rings. The molecule has 1 aromatic carbocycles. The van der Waals surface area contributed by atoms with Crippen molar-refractivity contribution in [2.45, 2.75) is 65.1 Å². The van der Waals surface area contributed by atoms with Crippen LogP contribution in [0.3, 0.4) is 0 Å². The smallest absolute Gasteiger partial charge is 0.258 e. The first-order valence-corrected chi connectivity index (χ1v) is 12.0. The van der Waals surface area contributed by atoms with Crippen LogP contribution < -0.4 is 10.2 Å². The number of fused-ring (bicyclic) bond motifs is 3. The number of benzene rings is 1. The molecule has 33 heavy (non-hydrogen) atoms. The molecule has 0 radical (unpaired) electrons. The number of amides is 4. The summed E-state index contributed by atoms with van der Waals surface area (Å²) in [5.74, 6) is -0.0662. The van der Waals surface area contributed by atoms with Crippen molar-refractivity contribution in [3.63, 3.8) is 0 Å². The van der Waals surface area contributed by atoms with Crippen LogP contribution >= 0.6 is 0 Å². The van der Waals surface area contributed by atoms with Gasteiger partial charge in [-0.1, -0.05) is 26.0 Å². The second kappa shape index (κ2) is 8.80. The molecule has 8 heteroatoms. The van der Waals surface area contributed by atoms with Gasteiger partial charge in [-0.05, 0) is 51.2 Å². The Balaban J connectivity index is 1.43. The van der Waals surface area contributed by atoms with Crippen molar-refractivity contribution in [3.05, 3.63) is 29.8 Å². The summed E-state index contributed by atoms with van der Waals surface area (Å²) in [5, 5.41) is 3.08. The number of hydrogen-bond donors (Lipinski definition) is 1. The number of carbonyl (C=O) groups is 4. The standard InChI is InChI=1S/C25H34N4O4/c1-16(2)17(3)26-23(32)18-10-13-27(14-11-18)22(31)15-28-24(33)19-7-5-6-8-20(19)29-21(30)9-12-25(28,29)4/h5-8,16-18H,9-15H2,1-4H3,(H,26,32). The van der Waals surface area contributed by atoms with Crippen LogP contribution in [0.5, 0.6) is 0 Å². The van der Waals surface area contributed by atoms with E-state index >= 15 is 0 Å². The van der Waals surface area contributed by atoms with Crippen molar-refractivity contribution in [3.8, 4) is 0 Å². The molecular weight excluding hydrogens is 420 g/mol. The fourth-order valence-electron chi connectivity index (χ4n) is 5.08. The number of para-hydroxylation sites is 1. The maximum Gasteiger partial charge on any atom is 0.258 e. The molecule has 4 amide bonds. The second-order valence-corrected chi connectivity index (χ2v) is 10.1. The Morgan fingerprint density at radius 2 is 1.79 bits per heavy atom. The first-order chi connectivity index (χ1) is 15.6. The van der Waals surface area contributed by atoms with Gasteiger partial charge < -0.3 is 15.1 Å². The highest BCUT2D eigenvalue weighted by Gasteiger charge is 2.53. The van der Waals surface area contributed by atoms with Crippen molar-refractivity contribution in [2.24, 2.45) is 11.8 Å². The Bertz CT molecular complexity index is 969. The lowest BCUT2D eigenvalue weighted by Crippen LogP contribution is -2.64. The van der Waals surface area contributed by atoms with Crippen LogP contribution in [-0.2, 0) is 14.4 Å². The zero-order chi connectivity index (χ0) is 23.9. The zero-order valence-electron chi connectivity index (χ0n) is 20.0. The van der Waals surface area contributed by atoms with Crippen LogP contribution in [0.4, 0.5) is 5.69 Å². The van der Waals surface area contributed by atoms with Crippen LogP contribution in [0.2, 0.25) is 0 Å². The first kappa shape index (κ1) is 23.3. The lowest BCUT2D eigenvalue weighted by molar-refractivity contribution is -0.137. The molecular formula is C25H34N4O4. The van der Waals surface area contributed by atoms with Crippen LogP contribution in [0.1, 0.15) is 63.7 Å². The quantitative estimate of drug-likeness (QED) is 0.740. The highest BCUT2D eigenvalue weighted by molar-refractivity contribution is 6.11. The van der Waals surface area contributed by atoms with Crippen LogP contribution in [0.15, 0.2) is 24.3 Å². The molecule has 0 spiro atoms. The Morgan fingerprint density at radius 3 is 2.45 bits per heavy atom.